The third-order valence-electron chi connectivity index (χ3n) is 6.94. The van der Waals surface area contributed by atoms with Gasteiger partial charge in [-0.15, -0.1) is 0 Å². The smallest absolute Gasteiger partial charge is 0.268 e. The number of hydrogen-bond donors (Lipinski definition) is 1. The molecule has 0 radical (unpaired) electrons. The Labute approximate surface area is 169 Å². The van der Waals surface area contributed by atoms with Crippen LogP contribution in [0.15, 0.2) is 54.6 Å². The van der Waals surface area contributed by atoms with Crippen molar-refractivity contribution >= 4 is 5.91 Å². The maximum Gasteiger partial charge on any atom is 0.268 e. The SMILES string of the molecule is Cc1ccc(C(=O)N2N[C@@H](c3ccccc3)[C@@H]3[C@@H]2[C@H](C(C)C)CC[C@@H]3C)cc1. The summed E-state index contributed by atoms with van der Waals surface area (Å²) in [4.78, 5) is 13.5. The van der Waals surface area contributed by atoms with Gasteiger partial charge in [0.1, 0.15) is 0 Å². The Balaban J connectivity index is 1.74. The lowest BCUT2D eigenvalue weighted by Crippen LogP contribution is -2.50. The normalized spacial score (nSPS) is 29.8. The lowest BCUT2D eigenvalue weighted by atomic mass is 9.65. The number of nitrogens with zero attached hydrogens (tertiary/aromatic N) is 1. The first-order valence-electron chi connectivity index (χ1n) is 10.7. The van der Waals surface area contributed by atoms with E-state index in [1.54, 1.807) is 0 Å². The second-order valence-corrected chi connectivity index (χ2v) is 9.09. The highest BCUT2D eigenvalue weighted by atomic mass is 16.2. The van der Waals surface area contributed by atoms with Crippen LogP contribution in [-0.4, -0.2) is 17.0 Å². The minimum atomic E-state index is 0.105. The third-order valence-corrected chi connectivity index (χ3v) is 6.94. The Hall–Kier alpha value is -2.13. The summed E-state index contributed by atoms with van der Waals surface area (Å²) in [7, 11) is 0. The third kappa shape index (κ3) is 3.37. The lowest BCUT2D eigenvalue weighted by Gasteiger charge is -2.43. The standard InChI is InChI=1S/C25H32N2O/c1-16(2)21-15-12-18(4)22-23(19-8-6-5-7-9-19)26-27(24(21)22)25(28)20-13-10-17(3)11-14-20/h5-11,13-14,16,18,21-24,26H,12,15H2,1-4H3/t18-,21-,22+,23-,24-/m0/s1. The quantitative estimate of drug-likeness (QED) is 0.779. The lowest BCUT2D eigenvalue weighted by molar-refractivity contribution is 0.0338. The van der Waals surface area contributed by atoms with E-state index in [-0.39, 0.29) is 18.0 Å². The number of aryl methyl sites for hydroxylation is 1. The van der Waals surface area contributed by atoms with E-state index in [9.17, 15) is 4.79 Å². The average molecular weight is 377 g/mol. The molecule has 0 aromatic heterocycles. The fourth-order valence-corrected chi connectivity index (χ4v) is 5.37. The van der Waals surface area contributed by atoms with Gasteiger partial charge in [0.15, 0.2) is 0 Å². The maximum atomic E-state index is 13.5. The van der Waals surface area contributed by atoms with Crippen LogP contribution in [0.4, 0.5) is 0 Å². The van der Waals surface area contributed by atoms with Gasteiger partial charge < -0.3 is 0 Å². The van der Waals surface area contributed by atoms with E-state index in [1.165, 1.54) is 24.0 Å². The summed E-state index contributed by atoms with van der Waals surface area (Å²) in [6.45, 7) is 9.04. The van der Waals surface area contributed by atoms with Crippen molar-refractivity contribution < 1.29 is 4.79 Å². The van der Waals surface area contributed by atoms with Crippen molar-refractivity contribution in [2.75, 3.05) is 0 Å². The number of carbonyl (C=O) groups is 1. The molecule has 1 aliphatic heterocycles. The fraction of sp³-hybridized carbons (Fsp3) is 0.480. The summed E-state index contributed by atoms with van der Waals surface area (Å²) in [5, 5.41) is 1.99. The van der Waals surface area contributed by atoms with Gasteiger partial charge in [-0.3, -0.25) is 9.80 Å². The van der Waals surface area contributed by atoms with Crippen molar-refractivity contribution in [3.8, 4) is 0 Å². The van der Waals surface area contributed by atoms with Gasteiger partial charge in [0, 0.05) is 11.5 Å². The Morgan fingerprint density at radius 3 is 2.36 bits per heavy atom. The van der Waals surface area contributed by atoms with E-state index in [0.717, 1.165) is 5.56 Å². The summed E-state index contributed by atoms with van der Waals surface area (Å²) in [6, 6.07) is 19.1. The van der Waals surface area contributed by atoms with Crippen LogP contribution in [0.5, 0.6) is 0 Å². The van der Waals surface area contributed by atoms with E-state index in [4.69, 9.17) is 0 Å². The Morgan fingerprint density at radius 2 is 1.71 bits per heavy atom. The minimum absolute atomic E-state index is 0.105. The van der Waals surface area contributed by atoms with Gasteiger partial charge in [-0.1, -0.05) is 68.8 Å². The summed E-state index contributed by atoms with van der Waals surface area (Å²) in [5.74, 6) is 2.22. The van der Waals surface area contributed by atoms with Gasteiger partial charge in [0.05, 0.1) is 12.1 Å². The molecule has 3 heteroatoms. The van der Waals surface area contributed by atoms with Crippen LogP contribution < -0.4 is 5.43 Å². The Kier molecular flexibility index (Phi) is 5.29. The minimum Gasteiger partial charge on any atom is -0.270 e. The molecule has 148 valence electrons. The van der Waals surface area contributed by atoms with Crippen molar-refractivity contribution in [3.05, 3.63) is 71.3 Å². The van der Waals surface area contributed by atoms with Crippen molar-refractivity contribution in [1.82, 2.24) is 10.4 Å². The molecule has 1 N–H and O–H groups in total. The summed E-state index contributed by atoms with van der Waals surface area (Å²) < 4.78 is 0. The first-order valence-corrected chi connectivity index (χ1v) is 10.7. The molecule has 1 amide bonds. The number of benzene rings is 2. The second-order valence-electron chi connectivity index (χ2n) is 9.09. The molecule has 2 aromatic carbocycles. The van der Waals surface area contributed by atoms with Crippen LogP contribution in [-0.2, 0) is 0 Å². The van der Waals surface area contributed by atoms with Gasteiger partial charge >= 0.3 is 0 Å². The number of carbonyl (C=O) groups excluding carboxylic acids is 1. The van der Waals surface area contributed by atoms with E-state index >= 15 is 0 Å². The summed E-state index contributed by atoms with van der Waals surface area (Å²) in [5.41, 5.74) is 6.89. The highest BCUT2D eigenvalue weighted by Crippen LogP contribution is 2.49. The number of hydrazine groups is 1. The van der Waals surface area contributed by atoms with Gasteiger partial charge in [-0.2, -0.15) is 0 Å². The zero-order valence-electron chi connectivity index (χ0n) is 17.4. The predicted molar refractivity (Wildman–Crippen MR) is 114 cm³/mol. The molecule has 2 aliphatic rings. The highest BCUT2D eigenvalue weighted by molar-refractivity contribution is 5.94. The molecule has 0 bridgehead atoms. The fourth-order valence-electron chi connectivity index (χ4n) is 5.37. The van der Waals surface area contributed by atoms with E-state index in [1.807, 2.05) is 29.3 Å². The zero-order chi connectivity index (χ0) is 19.8. The van der Waals surface area contributed by atoms with E-state index < -0.39 is 0 Å². The molecule has 0 unspecified atom stereocenters. The van der Waals surface area contributed by atoms with Crippen LogP contribution in [0.2, 0.25) is 0 Å². The van der Waals surface area contributed by atoms with Crippen molar-refractivity contribution in [1.29, 1.82) is 0 Å². The molecule has 28 heavy (non-hydrogen) atoms. The van der Waals surface area contributed by atoms with Gasteiger partial charge in [-0.05, 0) is 55.2 Å². The molecule has 1 heterocycles. The molecule has 2 aromatic rings. The molecular weight excluding hydrogens is 344 g/mol. The number of rotatable bonds is 3. The van der Waals surface area contributed by atoms with Crippen LogP contribution >= 0.6 is 0 Å². The van der Waals surface area contributed by atoms with Crippen LogP contribution in [0.25, 0.3) is 0 Å². The van der Waals surface area contributed by atoms with Crippen LogP contribution in [0, 0.1) is 30.6 Å². The Bertz CT molecular complexity index is 814. The first-order chi connectivity index (χ1) is 13.5. The number of amides is 1. The molecule has 0 spiro atoms. The largest absolute Gasteiger partial charge is 0.270 e. The number of hydrogen-bond acceptors (Lipinski definition) is 2. The predicted octanol–water partition coefficient (Wildman–Crippen LogP) is 5.38. The first kappa shape index (κ1) is 19.2. The molecule has 4 rings (SSSR count). The summed E-state index contributed by atoms with van der Waals surface area (Å²) in [6.07, 6.45) is 2.43. The van der Waals surface area contributed by atoms with Gasteiger partial charge in [-0.25, -0.2) is 5.43 Å². The average Bonchev–Trinajstić information content (AvgIpc) is 3.10. The second kappa shape index (κ2) is 7.71. The van der Waals surface area contributed by atoms with Crippen LogP contribution in [0.1, 0.15) is 61.1 Å². The Morgan fingerprint density at radius 1 is 1.04 bits per heavy atom. The van der Waals surface area contributed by atoms with Crippen molar-refractivity contribution in [2.24, 2.45) is 23.7 Å². The summed E-state index contributed by atoms with van der Waals surface area (Å²) >= 11 is 0. The highest BCUT2D eigenvalue weighted by Gasteiger charge is 2.52. The number of nitrogens with one attached hydrogen (secondary N) is 1. The molecular formula is C25H32N2O. The van der Waals surface area contributed by atoms with Crippen LogP contribution in [0.3, 0.4) is 0 Å². The van der Waals surface area contributed by atoms with Gasteiger partial charge in [0.2, 0.25) is 0 Å². The van der Waals surface area contributed by atoms with Gasteiger partial charge in [0.25, 0.3) is 5.91 Å². The molecule has 1 aliphatic carbocycles. The van der Waals surface area contributed by atoms with Crippen molar-refractivity contribution in [3.63, 3.8) is 0 Å². The van der Waals surface area contributed by atoms with Crippen molar-refractivity contribution in [2.45, 2.75) is 52.6 Å². The molecule has 5 atom stereocenters. The van der Waals surface area contributed by atoms with E-state index in [2.05, 4.69) is 63.5 Å². The molecule has 1 saturated carbocycles. The zero-order valence-corrected chi connectivity index (χ0v) is 17.4. The molecule has 1 saturated heterocycles. The van der Waals surface area contributed by atoms with E-state index in [0.29, 0.717) is 23.7 Å². The number of fused-ring (bicyclic) bond motifs is 1. The monoisotopic (exact) mass is 376 g/mol. The molecule has 2 fully saturated rings. The molecule has 3 nitrogen and oxygen atoms in total. The topological polar surface area (TPSA) is 32.3 Å². The maximum absolute atomic E-state index is 13.5.